The molecule has 0 saturated carbocycles. The number of rotatable bonds is 2. The molecule has 2 heterocycles. The Labute approximate surface area is 96.6 Å². The Morgan fingerprint density at radius 1 is 1.12 bits per heavy atom. The summed E-state index contributed by atoms with van der Waals surface area (Å²) in [6, 6.07) is 6.12. The van der Waals surface area contributed by atoms with Crippen LogP contribution in [0.25, 0.3) is 0 Å². The molecule has 2 aromatic rings. The molecule has 0 aromatic carbocycles. The van der Waals surface area contributed by atoms with Crippen LogP contribution in [0.15, 0.2) is 42.9 Å². The minimum Gasteiger partial charge on any atom is -0.478 e. The van der Waals surface area contributed by atoms with E-state index in [0.717, 1.165) is 12.3 Å². The molecule has 88 valence electrons. The highest BCUT2D eigenvalue weighted by molar-refractivity contribution is 5.92. The predicted molar refractivity (Wildman–Crippen MR) is 58.9 cm³/mol. The monoisotopic (exact) mass is 234 g/mol. The Morgan fingerprint density at radius 3 is 2.18 bits per heavy atom. The fraction of sp³-hybridized carbons (Fsp3) is 0. The summed E-state index contributed by atoms with van der Waals surface area (Å²) < 4.78 is 0. The SMILES string of the molecule is O=C(O)c1ccnc(C(=O)O)c1.c1cc[nH]c1. The van der Waals surface area contributed by atoms with E-state index in [1.807, 2.05) is 24.5 Å². The lowest BCUT2D eigenvalue weighted by atomic mass is 10.2. The zero-order valence-corrected chi connectivity index (χ0v) is 8.70. The van der Waals surface area contributed by atoms with E-state index in [-0.39, 0.29) is 11.3 Å². The predicted octanol–water partition coefficient (Wildman–Crippen LogP) is 1.49. The Kier molecular flexibility index (Phi) is 4.44. The van der Waals surface area contributed by atoms with Gasteiger partial charge in [-0.1, -0.05) is 0 Å². The highest BCUT2D eigenvalue weighted by Crippen LogP contribution is 2.01. The van der Waals surface area contributed by atoms with Crippen LogP contribution in [0, 0.1) is 0 Å². The minimum atomic E-state index is -1.24. The minimum absolute atomic E-state index is 0.0811. The smallest absolute Gasteiger partial charge is 0.354 e. The molecule has 17 heavy (non-hydrogen) atoms. The van der Waals surface area contributed by atoms with Gasteiger partial charge >= 0.3 is 11.9 Å². The van der Waals surface area contributed by atoms with Gasteiger partial charge in [-0.05, 0) is 24.3 Å². The number of hydrogen-bond acceptors (Lipinski definition) is 3. The number of nitrogens with one attached hydrogen (secondary N) is 1. The molecule has 0 aliphatic heterocycles. The lowest BCUT2D eigenvalue weighted by Gasteiger charge is -1.94. The van der Waals surface area contributed by atoms with Gasteiger partial charge < -0.3 is 15.2 Å². The number of carbonyl (C=O) groups is 2. The summed E-state index contributed by atoms with van der Waals surface area (Å²) >= 11 is 0. The van der Waals surface area contributed by atoms with E-state index in [4.69, 9.17) is 10.2 Å². The molecular weight excluding hydrogens is 224 g/mol. The van der Waals surface area contributed by atoms with Crippen LogP contribution in [0.1, 0.15) is 20.8 Å². The summed E-state index contributed by atoms with van der Waals surface area (Å²) in [6.45, 7) is 0. The second-order valence-electron chi connectivity index (χ2n) is 2.92. The molecule has 0 aliphatic carbocycles. The first-order valence-electron chi connectivity index (χ1n) is 4.61. The molecule has 6 heteroatoms. The van der Waals surface area contributed by atoms with Gasteiger partial charge in [0.05, 0.1) is 5.56 Å². The van der Waals surface area contributed by atoms with Gasteiger partial charge in [0, 0.05) is 18.6 Å². The first-order chi connectivity index (χ1) is 8.11. The highest BCUT2D eigenvalue weighted by atomic mass is 16.4. The normalized spacial score (nSPS) is 8.94. The van der Waals surface area contributed by atoms with Gasteiger partial charge in [0.25, 0.3) is 0 Å². The van der Waals surface area contributed by atoms with E-state index in [9.17, 15) is 9.59 Å². The third-order valence-corrected chi connectivity index (χ3v) is 1.72. The number of carboxylic acids is 2. The van der Waals surface area contributed by atoms with E-state index in [1.165, 1.54) is 6.07 Å². The van der Waals surface area contributed by atoms with Crippen molar-refractivity contribution >= 4 is 11.9 Å². The van der Waals surface area contributed by atoms with Crippen LogP contribution in [0.3, 0.4) is 0 Å². The van der Waals surface area contributed by atoms with E-state index >= 15 is 0 Å². The van der Waals surface area contributed by atoms with Gasteiger partial charge in [-0.3, -0.25) is 0 Å². The van der Waals surface area contributed by atoms with Crippen molar-refractivity contribution in [3.8, 4) is 0 Å². The van der Waals surface area contributed by atoms with Crippen molar-refractivity contribution in [3.63, 3.8) is 0 Å². The quantitative estimate of drug-likeness (QED) is 0.730. The molecule has 0 unspecified atom stereocenters. The van der Waals surface area contributed by atoms with Crippen molar-refractivity contribution in [1.29, 1.82) is 0 Å². The summed E-state index contributed by atoms with van der Waals surface area (Å²) in [5.74, 6) is -2.40. The first-order valence-corrected chi connectivity index (χ1v) is 4.61. The third kappa shape index (κ3) is 4.17. The Hall–Kier alpha value is -2.63. The van der Waals surface area contributed by atoms with Crippen molar-refractivity contribution < 1.29 is 19.8 Å². The average molecular weight is 234 g/mol. The summed E-state index contributed by atoms with van der Waals surface area (Å²) in [5.41, 5.74) is -0.350. The van der Waals surface area contributed by atoms with Crippen LogP contribution in [-0.4, -0.2) is 32.1 Å². The Morgan fingerprint density at radius 2 is 1.76 bits per heavy atom. The zero-order chi connectivity index (χ0) is 12.7. The molecule has 2 aromatic heterocycles. The second kappa shape index (κ2) is 6.06. The van der Waals surface area contributed by atoms with Crippen molar-refractivity contribution in [2.45, 2.75) is 0 Å². The Balaban J connectivity index is 0.000000239. The van der Waals surface area contributed by atoms with Gasteiger partial charge in [0.1, 0.15) is 5.69 Å². The largest absolute Gasteiger partial charge is 0.478 e. The zero-order valence-electron chi connectivity index (χ0n) is 8.70. The van der Waals surface area contributed by atoms with Crippen LogP contribution in [0.5, 0.6) is 0 Å². The van der Waals surface area contributed by atoms with Crippen molar-refractivity contribution in [3.05, 3.63) is 54.1 Å². The van der Waals surface area contributed by atoms with E-state index in [0.29, 0.717) is 0 Å². The molecule has 0 spiro atoms. The van der Waals surface area contributed by atoms with Gasteiger partial charge in [-0.2, -0.15) is 0 Å². The van der Waals surface area contributed by atoms with E-state index < -0.39 is 11.9 Å². The van der Waals surface area contributed by atoms with Gasteiger partial charge in [-0.25, -0.2) is 14.6 Å². The molecule has 0 fully saturated rings. The molecule has 3 N–H and O–H groups in total. The average Bonchev–Trinajstić information content (AvgIpc) is 2.87. The maximum Gasteiger partial charge on any atom is 0.354 e. The number of hydrogen-bond donors (Lipinski definition) is 3. The van der Waals surface area contributed by atoms with Gasteiger partial charge in [0.2, 0.25) is 0 Å². The van der Waals surface area contributed by atoms with Crippen molar-refractivity contribution in [2.24, 2.45) is 0 Å². The first kappa shape index (κ1) is 12.4. The fourth-order valence-corrected chi connectivity index (χ4v) is 0.958. The summed E-state index contributed by atoms with van der Waals surface area (Å²) in [4.78, 5) is 27.0. The van der Waals surface area contributed by atoms with Crippen LogP contribution in [0.2, 0.25) is 0 Å². The van der Waals surface area contributed by atoms with E-state index in [2.05, 4.69) is 9.97 Å². The lowest BCUT2D eigenvalue weighted by Crippen LogP contribution is -2.03. The molecule has 0 atom stereocenters. The van der Waals surface area contributed by atoms with Crippen LogP contribution in [0.4, 0.5) is 0 Å². The molecule has 0 bridgehead atoms. The lowest BCUT2D eigenvalue weighted by molar-refractivity contribution is 0.0690. The molecule has 0 saturated heterocycles. The van der Waals surface area contributed by atoms with Crippen LogP contribution >= 0.6 is 0 Å². The molecule has 0 aliphatic rings. The maximum absolute atomic E-state index is 10.4. The third-order valence-electron chi connectivity index (χ3n) is 1.72. The number of aromatic carboxylic acids is 2. The number of pyridine rings is 1. The number of aromatic nitrogens is 2. The molecule has 0 amide bonds. The summed E-state index contributed by atoms with van der Waals surface area (Å²) in [5, 5.41) is 16.9. The molecule has 0 radical (unpaired) electrons. The second-order valence-corrected chi connectivity index (χ2v) is 2.92. The topological polar surface area (TPSA) is 103 Å². The van der Waals surface area contributed by atoms with Crippen LogP contribution in [-0.2, 0) is 0 Å². The standard InChI is InChI=1S/C7H5NO4.C4H5N/c9-6(10)4-1-2-8-5(3-4)7(11)12;1-2-4-5-3-1/h1-3H,(H,9,10)(H,11,12);1-5H. The summed E-state index contributed by atoms with van der Waals surface area (Å²) in [6.07, 6.45) is 4.90. The van der Waals surface area contributed by atoms with Crippen LogP contribution < -0.4 is 0 Å². The fourth-order valence-electron chi connectivity index (χ4n) is 0.958. The van der Waals surface area contributed by atoms with E-state index in [1.54, 1.807) is 0 Å². The number of carboxylic acid groups (broad SMARTS) is 2. The molecule has 2 rings (SSSR count). The van der Waals surface area contributed by atoms with Gasteiger partial charge in [0.15, 0.2) is 0 Å². The van der Waals surface area contributed by atoms with Crippen molar-refractivity contribution in [2.75, 3.05) is 0 Å². The Bertz CT molecular complexity index is 447. The number of aromatic amines is 1. The van der Waals surface area contributed by atoms with Gasteiger partial charge in [-0.15, -0.1) is 0 Å². The molecular formula is C11H10N2O4. The van der Waals surface area contributed by atoms with Crippen molar-refractivity contribution in [1.82, 2.24) is 9.97 Å². The maximum atomic E-state index is 10.4. The summed E-state index contributed by atoms with van der Waals surface area (Å²) in [7, 11) is 0. The number of H-pyrrole nitrogens is 1. The highest BCUT2D eigenvalue weighted by Gasteiger charge is 2.08. The molecule has 6 nitrogen and oxygen atoms in total. The number of nitrogens with zero attached hydrogens (tertiary/aromatic N) is 1.